The number of nitrogens with zero attached hydrogens (tertiary/aromatic N) is 1. The molecule has 0 bridgehead atoms. The molecule has 2 aromatic carbocycles. The Kier molecular flexibility index (Phi) is 6.24. The fraction of sp³-hybridized carbons (Fsp3) is 0.455. The molecule has 2 N–H and O–H groups in total. The SMILES string of the molecule is CC(c1ccccc1-c1ccccc1)C(O)C(O)N1CCCCCC1. The third kappa shape index (κ3) is 4.30. The molecule has 0 amide bonds. The Balaban J connectivity index is 1.81. The van der Waals surface area contributed by atoms with Gasteiger partial charge in [-0.1, -0.05) is 74.4 Å². The van der Waals surface area contributed by atoms with E-state index in [1.807, 2.05) is 42.2 Å². The molecule has 1 aliphatic rings. The molecule has 0 aromatic heterocycles. The van der Waals surface area contributed by atoms with E-state index in [0.717, 1.165) is 42.6 Å². The van der Waals surface area contributed by atoms with Crippen LogP contribution in [0.3, 0.4) is 0 Å². The molecule has 1 fully saturated rings. The number of likely N-dealkylation sites (tertiary alicyclic amines) is 1. The van der Waals surface area contributed by atoms with Gasteiger partial charge in [0.2, 0.25) is 0 Å². The summed E-state index contributed by atoms with van der Waals surface area (Å²) in [7, 11) is 0. The van der Waals surface area contributed by atoms with Gasteiger partial charge in [-0.15, -0.1) is 0 Å². The smallest absolute Gasteiger partial charge is 0.134 e. The Morgan fingerprint density at radius 2 is 1.40 bits per heavy atom. The van der Waals surface area contributed by atoms with Crippen molar-refractivity contribution < 1.29 is 10.2 Å². The third-order valence-corrected chi connectivity index (χ3v) is 5.37. The highest BCUT2D eigenvalue weighted by atomic mass is 16.3. The zero-order valence-corrected chi connectivity index (χ0v) is 15.0. The van der Waals surface area contributed by atoms with Crippen LogP contribution in [0.2, 0.25) is 0 Å². The zero-order valence-electron chi connectivity index (χ0n) is 15.0. The van der Waals surface area contributed by atoms with Crippen LogP contribution in [0, 0.1) is 0 Å². The summed E-state index contributed by atoms with van der Waals surface area (Å²) in [6.45, 7) is 3.74. The predicted molar refractivity (Wildman–Crippen MR) is 102 cm³/mol. The van der Waals surface area contributed by atoms with Gasteiger partial charge in [-0.25, -0.2) is 0 Å². The zero-order chi connectivity index (χ0) is 17.6. The van der Waals surface area contributed by atoms with Crippen LogP contribution < -0.4 is 0 Å². The summed E-state index contributed by atoms with van der Waals surface area (Å²) in [5.74, 6) is -0.144. The van der Waals surface area contributed by atoms with Crippen LogP contribution >= 0.6 is 0 Å². The van der Waals surface area contributed by atoms with Gasteiger partial charge in [0, 0.05) is 19.0 Å². The maximum atomic E-state index is 10.9. The van der Waals surface area contributed by atoms with Crippen LogP contribution in [0.4, 0.5) is 0 Å². The molecule has 3 atom stereocenters. The van der Waals surface area contributed by atoms with Crippen LogP contribution in [-0.4, -0.2) is 40.5 Å². The van der Waals surface area contributed by atoms with Crippen molar-refractivity contribution in [2.45, 2.75) is 50.9 Å². The average Bonchev–Trinajstić information content (AvgIpc) is 2.96. The van der Waals surface area contributed by atoms with Gasteiger partial charge in [-0.05, 0) is 29.5 Å². The molecule has 134 valence electrons. The van der Waals surface area contributed by atoms with Crippen molar-refractivity contribution in [1.82, 2.24) is 4.90 Å². The van der Waals surface area contributed by atoms with Crippen LogP contribution in [0.5, 0.6) is 0 Å². The summed E-state index contributed by atoms with van der Waals surface area (Å²) in [5.41, 5.74) is 3.34. The number of benzene rings is 2. The molecular weight excluding hydrogens is 310 g/mol. The minimum Gasteiger partial charge on any atom is -0.388 e. The van der Waals surface area contributed by atoms with E-state index < -0.39 is 12.3 Å². The molecule has 0 aliphatic carbocycles. The quantitative estimate of drug-likeness (QED) is 0.865. The van der Waals surface area contributed by atoms with Gasteiger partial charge in [0.05, 0.1) is 0 Å². The van der Waals surface area contributed by atoms with Gasteiger partial charge in [-0.2, -0.15) is 0 Å². The Morgan fingerprint density at radius 3 is 2.08 bits per heavy atom. The lowest BCUT2D eigenvalue weighted by atomic mass is 9.87. The lowest BCUT2D eigenvalue weighted by Crippen LogP contribution is -2.46. The second-order valence-electron chi connectivity index (χ2n) is 7.10. The standard InChI is InChI=1S/C22H29NO2/c1-17(21(24)22(25)23-15-9-2-3-10-16-23)19-13-7-8-14-20(19)18-11-5-4-6-12-18/h4-8,11-14,17,21-22,24-25H,2-3,9-10,15-16H2,1H3. The van der Waals surface area contributed by atoms with Crippen molar-refractivity contribution in [3.63, 3.8) is 0 Å². The number of hydrogen-bond acceptors (Lipinski definition) is 3. The van der Waals surface area contributed by atoms with Crippen molar-refractivity contribution >= 4 is 0 Å². The maximum absolute atomic E-state index is 10.9. The topological polar surface area (TPSA) is 43.7 Å². The average molecular weight is 339 g/mol. The van der Waals surface area contributed by atoms with Crippen LogP contribution in [0.15, 0.2) is 54.6 Å². The van der Waals surface area contributed by atoms with Crippen LogP contribution in [0.25, 0.3) is 11.1 Å². The number of hydrogen-bond donors (Lipinski definition) is 2. The lowest BCUT2D eigenvalue weighted by Gasteiger charge is -2.33. The van der Waals surface area contributed by atoms with Crippen molar-refractivity contribution in [3.8, 4) is 11.1 Å². The van der Waals surface area contributed by atoms with Gasteiger partial charge in [-0.3, -0.25) is 4.90 Å². The highest BCUT2D eigenvalue weighted by Crippen LogP contribution is 2.32. The Bertz CT molecular complexity index is 650. The summed E-state index contributed by atoms with van der Waals surface area (Å²) in [6, 6.07) is 18.4. The molecular formula is C22H29NO2. The minimum atomic E-state index is -0.808. The Labute approximate surface area is 150 Å². The second-order valence-corrected chi connectivity index (χ2v) is 7.10. The lowest BCUT2D eigenvalue weighted by molar-refractivity contribution is -0.0896. The van der Waals surface area contributed by atoms with Gasteiger partial charge in [0.15, 0.2) is 0 Å². The summed E-state index contributed by atoms with van der Waals surface area (Å²) < 4.78 is 0. The largest absolute Gasteiger partial charge is 0.388 e. The molecule has 1 heterocycles. The number of aliphatic hydroxyl groups excluding tert-OH is 2. The first-order chi connectivity index (χ1) is 12.2. The predicted octanol–water partition coefficient (Wildman–Crippen LogP) is 4.01. The van der Waals surface area contributed by atoms with Crippen molar-refractivity contribution in [2.24, 2.45) is 0 Å². The van der Waals surface area contributed by atoms with E-state index in [2.05, 4.69) is 24.3 Å². The second kappa shape index (κ2) is 8.61. The van der Waals surface area contributed by atoms with E-state index in [0.29, 0.717) is 0 Å². The van der Waals surface area contributed by atoms with Gasteiger partial charge in [0.1, 0.15) is 12.3 Å². The third-order valence-electron chi connectivity index (χ3n) is 5.37. The van der Waals surface area contributed by atoms with E-state index in [9.17, 15) is 10.2 Å². The van der Waals surface area contributed by atoms with Crippen molar-refractivity contribution in [1.29, 1.82) is 0 Å². The molecule has 1 aliphatic heterocycles. The first-order valence-corrected chi connectivity index (χ1v) is 9.43. The summed E-state index contributed by atoms with van der Waals surface area (Å²) in [6.07, 6.45) is 3.01. The molecule has 1 saturated heterocycles. The fourth-order valence-corrected chi connectivity index (χ4v) is 3.79. The Morgan fingerprint density at radius 1 is 0.800 bits per heavy atom. The summed E-state index contributed by atoms with van der Waals surface area (Å²) in [5, 5.41) is 21.6. The molecule has 3 nitrogen and oxygen atoms in total. The van der Waals surface area contributed by atoms with Gasteiger partial charge < -0.3 is 10.2 Å². The summed E-state index contributed by atoms with van der Waals surface area (Å²) >= 11 is 0. The molecule has 2 aromatic rings. The van der Waals surface area contributed by atoms with Gasteiger partial charge in [0.25, 0.3) is 0 Å². The van der Waals surface area contributed by atoms with Crippen molar-refractivity contribution in [3.05, 3.63) is 60.2 Å². The summed E-state index contributed by atoms with van der Waals surface area (Å²) in [4.78, 5) is 2.04. The fourth-order valence-electron chi connectivity index (χ4n) is 3.79. The normalized spacial score (nSPS) is 19.8. The van der Waals surface area contributed by atoms with E-state index in [1.165, 1.54) is 12.8 Å². The maximum Gasteiger partial charge on any atom is 0.134 e. The van der Waals surface area contributed by atoms with E-state index in [-0.39, 0.29) is 5.92 Å². The van der Waals surface area contributed by atoms with E-state index in [4.69, 9.17) is 0 Å². The highest BCUT2D eigenvalue weighted by Gasteiger charge is 2.30. The monoisotopic (exact) mass is 339 g/mol. The van der Waals surface area contributed by atoms with Crippen molar-refractivity contribution in [2.75, 3.05) is 13.1 Å². The van der Waals surface area contributed by atoms with Crippen LogP contribution in [-0.2, 0) is 0 Å². The highest BCUT2D eigenvalue weighted by molar-refractivity contribution is 5.68. The molecule has 0 saturated carbocycles. The van der Waals surface area contributed by atoms with E-state index in [1.54, 1.807) is 0 Å². The van der Waals surface area contributed by atoms with Gasteiger partial charge >= 0.3 is 0 Å². The first-order valence-electron chi connectivity index (χ1n) is 9.43. The van der Waals surface area contributed by atoms with Crippen LogP contribution in [0.1, 0.15) is 44.1 Å². The number of rotatable bonds is 5. The molecule has 0 spiro atoms. The Hall–Kier alpha value is -1.68. The van der Waals surface area contributed by atoms with E-state index >= 15 is 0 Å². The molecule has 3 rings (SSSR count). The molecule has 3 unspecified atom stereocenters. The minimum absolute atomic E-state index is 0.144. The number of aliphatic hydroxyl groups is 2. The molecule has 0 radical (unpaired) electrons. The first kappa shape index (κ1) is 18.1. The molecule has 3 heteroatoms. The molecule has 25 heavy (non-hydrogen) atoms.